The molecular formula is C29H32BrCl2N3O5S. The molecule has 0 aliphatic rings. The molecule has 0 aliphatic heterocycles. The number of amides is 2. The van der Waals surface area contributed by atoms with Crippen molar-refractivity contribution in [2.24, 2.45) is 0 Å². The normalized spacial score (nSPS) is 12.0. The van der Waals surface area contributed by atoms with Crippen LogP contribution in [0.3, 0.4) is 0 Å². The SMILES string of the molecule is CCCNC(=O)[C@H](C)N(Cc1c(Cl)cccc1Cl)C(=O)CN(c1ccc(OCC)cc1)S(=O)(=O)c1ccc(Br)cc1. The Balaban J connectivity index is 2.06. The van der Waals surface area contributed by atoms with Gasteiger partial charge in [-0.1, -0.05) is 52.1 Å². The number of nitrogens with one attached hydrogen (secondary N) is 1. The maximum atomic E-state index is 14.0. The Morgan fingerprint density at radius 2 is 1.59 bits per heavy atom. The molecule has 0 spiro atoms. The van der Waals surface area contributed by atoms with Crippen LogP contribution in [0.1, 0.15) is 32.8 Å². The van der Waals surface area contributed by atoms with Crippen molar-refractivity contribution in [3.05, 3.63) is 86.8 Å². The molecule has 0 radical (unpaired) electrons. The van der Waals surface area contributed by atoms with Crippen LogP contribution in [-0.2, 0) is 26.2 Å². The van der Waals surface area contributed by atoms with E-state index >= 15 is 0 Å². The average Bonchev–Trinajstić information content (AvgIpc) is 2.95. The summed E-state index contributed by atoms with van der Waals surface area (Å²) in [6.45, 7) is 5.52. The molecule has 0 saturated carbocycles. The van der Waals surface area contributed by atoms with Gasteiger partial charge >= 0.3 is 0 Å². The monoisotopic (exact) mass is 683 g/mol. The molecule has 3 aromatic carbocycles. The Kier molecular flexibility index (Phi) is 11.9. The molecule has 8 nitrogen and oxygen atoms in total. The number of hydrogen-bond acceptors (Lipinski definition) is 5. The van der Waals surface area contributed by atoms with E-state index in [4.69, 9.17) is 27.9 Å². The number of nitrogens with zero attached hydrogens (tertiary/aromatic N) is 2. The number of hydrogen-bond donors (Lipinski definition) is 1. The summed E-state index contributed by atoms with van der Waals surface area (Å²) >= 11 is 16.1. The van der Waals surface area contributed by atoms with Gasteiger partial charge in [-0.3, -0.25) is 13.9 Å². The topological polar surface area (TPSA) is 96.0 Å². The highest BCUT2D eigenvalue weighted by atomic mass is 79.9. The highest BCUT2D eigenvalue weighted by Gasteiger charge is 2.33. The highest BCUT2D eigenvalue weighted by molar-refractivity contribution is 9.10. The zero-order valence-electron chi connectivity index (χ0n) is 22.9. The van der Waals surface area contributed by atoms with Crippen LogP contribution in [0.2, 0.25) is 10.0 Å². The van der Waals surface area contributed by atoms with Gasteiger partial charge in [-0.15, -0.1) is 0 Å². The Hall–Kier alpha value is -2.79. The van der Waals surface area contributed by atoms with E-state index in [1.807, 2.05) is 13.8 Å². The fourth-order valence-corrected chi connectivity index (χ4v) is 6.17. The number of rotatable bonds is 13. The Bertz CT molecular complexity index is 1430. The smallest absolute Gasteiger partial charge is 0.264 e. The lowest BCUT2D eigenvalue weighted by Gasteiger charge is -2.32. The lowest BCUT2D eigenvalue weighted by Crippen LogP contribution is -2.51. The minimum absolute atomic E-state index is 0.00294. The van der Waals surface area contributed by atoms with E-state index in [1.54, 1.807) is 61.5 Å². The van der Waals surface area contributed by atoms with Crippen LogP contribution in [0.4, 0.5) is 5.69 Å². The largest absolute Gasteiger partial charge is 0.494 e. The molecule has 1 N–H and O–H groups in total. The maximum absolute atomic E-state index is 14.0. The third-order valence-electron chi connectivity index (χ3n) is 6.22. The molecule has 12 heteroatoms. The molecule has 41 heavy (non-hydrogen) atoms. The fourth-order valence-electron chi connectivity index (χ4n) is 3.97. The first kappa shape index (κ1) is 32.7. The molecule has 3 rings (SSSR count). The minimum Gasteiger partial charge on any atom is -0.494 e. The quantitative estimate of drug-likeness (QED) is 0.228. The number of benzene rings is 3. The summed E-state index contributed by atoms with van der Waals surface area (Å²) in [5.41, 5.74) is 0.700. The molecule has 0 fully saturated rings. The van der Waals surface area contributed by atoms with E-state index in [-0.39, 0.29) is 23.0 Å². The summed E-state index contributed by atoms with van der Waals surface area (Å²) in [6.07, 6.45) is 0.708. The van der Waals surface area contributed by atoms with Gasteiger partial charge in [0.05, 0.1) is 17.2 Å². The predicted octanol–water partition coefficient (Wildman–Crippen LogP) is 6.29. The van der Waals surface area contributed by atoms with E-state index in [9.17, 15) is 18.0 Å². The molecule has 2 amide bonds. The molecule has 0 aliphatic carbocycles. The standard InChI is InChI=1S/C29H32BrCl2N3O5S/c1-4-17-33-29(37)20(3)34(18-25-26(31)7-6-8-27(25)32)28(36)19-35(22-11-13-23(14-12-22)40-5-2)41(38,39)24-15-9-21(30)10-16-24/h6-16,20H,4-5,17-19H2,1-3H3,(H,33,37)/t20-/m0/s1. The van der Waals surface area contributed by atoms with Crippen LogP contribution in [0.15, 0.2) is 76.1 Å². The van der Waals surface area contributed by atoms with Crippen LogP contribution >= 0.6 is 39.1 Å². The van der Waals surface area contributed by atoms with Gasteiger partial charge in [0.15, 0.2) is 0 Å². The van der Waals surface area contributed by atoms with Crippen molar-refractivity contribution in [3.8, 4) is 5.75 Å². The molecule has 0 unspecified atom stereocenters. The van der Waals surface area contributed by atoms with E-state index in [0.29, 0.717) is 45.4 Å². The van der Waals surface area contributed by atoms with Crippen molar-refractivity contribution in [1.82, 2.24) is 10.2 Å². The Labute approximate surface area is 259 Å². The van der Waals surface area contributed by atoms with Gasteiger partial charge in [0.25, 0.3) is 10.0 Å². The number of anilines is 1. The molecular weight excluding hydrogens is 653 g/mol. The molecule has 0 heterocycles. The van der Waals surface area contributed by atoms with Crippen LogP contribution in [-0.4, -0.2) is 50.9 Å². The van der Waals surface area contributed by atoms with Gasteiger partial charge in [-0.25, -0.2) is 8.42 Å². The van der Waals surface area contributed by atoms with E-state index in [0.717, 1.165) is 4.31 Å². The van der Waals surface area contributed by atoms with E-state index in [1.165, 1.54) is 17.0 Å². The first-order chi connectivity index (χ1) is 19.5. The molecule has 3 aromatic rings. The van der Waals surface area contributed by atoms with Crippen molar-refractivity contribution in [1.29, 1.82) is 0 Å². The highest BCUT2D eigenvalue weighted by Crippen LogP contribution is 2.29. The van der Waals surface area contributed by atoms with E-state index in [2.05, 4.69) is 21.2 Å². The maximum Gasteiger partial charge on any atom is 0.264 e. The minimum atomic E-state index is -4.20. The number of carbonyl (C=O) groups excluding carboxylic acids is 2. The molecule has 220 valence electrons. The Morgan fingerprint density at radius 3 is 2.15 bits per heavy atom. The second kappa shape index (κ2) is 14.9. The summed E-state index contributed by atoms with van der Waals surface area (Å²) < 4.78 is 35.1. The summed E-state index contributed by atoms with van der Waals surface area (Å²) in [6, 6.07) is 16.5. The molecule has 1 atom stereocenters. The van der Waals surface area contributed by atoms with Crippen molar-refractivity contribution in [3.63, 3.8) is 0 Å². The van der Waals surface area contributed by atoms with Gasteiger partial charge in [-0.05, 0) is 80.9 Å². The third-order valence-corrected chi connectivity index (χ3v) is 9.25. The van der Waals surface area contributed by atoms with Gasteiger partial charge in [-0.2, -0.15) is 0 Å². The molecule has 0 bridgehead atoms. The van der Waals surface area contributed by atoms with Crippen molar-refractivity contribution in [2.45, 2.75) is 44.7 Å². The predicted molar refractivity (Wildman–Crippen MR) is 166 cm³/mol. The summed E-state index contributed by atoms with van der Waals surface area (Å²) in [5, 5.41) is 3.44. The van der Waals surface area contributed by atoms with Crippen LogP contribution in [0.25, 0.3) is 0 Å². The number of ether oxygens (including phenoxy) is 1. The van der Waals surface area contributed by atoms with Crippen molar-refractivity contribution >= 4 is 66.7 Å². The lowest BCUT2D eigenvalue weighted by atomic mass is 10.1. The summed E-state index contributed by atoms with van der Waals surface area (Å²) in [7, 11) is -4.20. The Morgan fingerprint density at radius 1 is 0.976 bits per heavy atom. The van der Waals surface area contributed by atoms with Gasteiger partial charge in [0, 0.05) is 33.2 Å². The zero-order chi connectivity index (χ0) is 30.2. The summed E-state index contributed by atoms with van der Waals surface area (Å²) in [4.78, 5) is 28.3. The molecule has 0 aromatic heterocycles. The van der Waals surface area contributed by atoms with Crippen molar-refractivity contribution in [2.75, 3.05) is 24.0 Å². The van der Waals surface area contributed by atoms with Crippen LogP contribution < -0.4 is 14.4 Å². The zero-order valence-corrected chi connectivity index (χ0v) is 26.9. The summed E-state index contributed by atoms with van der Waals surface area (Å²) in [5.74, 6) is -0.443. The van der Waals surface area contributed by atoms with Crippen LogP contribution in [0.5, 0.6) is 5.75 Å². The second-order valence-corrected chi connectivity index (χ2v) is 12.7. The van der Waals surface area contributed by atoms with Gasteiger partial charge in [0.2, 0.25) is 11.8 Å². The van der Waals surface area contributed by atoms with Crippen molar-refractivity contribution < 1.29 is 22.7 Å². The van der Waals surface area contributed by atoms with Gasteiger partial charge in [0.1, 0.15) is 18.3 Å². The third kappa shape index (κ3) is 8.38. The van der Waals surface area contributed by atoms with E-state index < -0.39 is 28.5 Å². The van der Waals surface area contributed by atoms with Gasteiger partial charge < -0.3 is 15.0 Å². The number of halogens is 3. The fraction of sp³-hybridized carbons (Fsp3) is 0.310. The lowest BCUT2D eigenvalue weighted by molar-refractivity contribution is -0.139. The molecule has 0 saturated heterocycles. The first-order valence-corrected chi connectivity index (χ1v) is 16.0. The first-order valence-electron chi connectivity index (χ1n) is 13.0. The number of carbonyl (C=O) groups is 2. The number of sulfonamides is 1. The second-order valence-electron chi connectivity index (χ2n) is 9.08. The van der Waals surface area contributed by atoms with Crippen LogP contribution in [0, 0.1) is 0 Å². The average molecular weight is 685 g/mol.